The third kappa shape index (κ3) is 2.99. The zero-order chi connectivity index (χ0) is 13.0. The van der Waals surface area contributed by atoms with Gasteiger partial charge in [-0.3, -0.25) is 4.79 Å². The molecule has 3 heteroatoms. The van der Waals surface area contributed by atoms with Crippen molar-refractivity contribution in [2.24, 2.45) is 0 Å². The van der Waals surface area contributed by atoms with Gasteiger partial charge in [0.15, 0.2) is 5.78 Å². The standard InChI is InChI=1S/C15H13FOS/c1-18-15-5-3-2-4-13(15)14(17)10-11-6-8-12(16)9-7-11/h2-9H,10H2,1H3. The Labute approximate surface area is 110 Å². The van der Waals surface area contributed by atoms with Crippen LogP contribution in [-0.2, 0) is 6.42 Å². The van der Waals surface area contributed by atoms with Crippen LogP contribution in [0.3, 0.4) is 0 Å². The number of rotatable bonds is 4. The van der Waals surface area contributed by atoms with Gasteiger partial charge in [-0.25, -0.2) is 4.39 Å². The van der Waals surface area contributed by atoms with Gasteiger partial charge in [0.05, 0.1) is 0 Å². The fourth-order valence-corrected chi connectivity index (χ4v) is 2.37. The van der Waals surface area contributed by atoms with Gasteiger partial charge in [-0.2, -0.15) is 0 Å². The van der Waals surface area contributed by atoms with E-state index in [9.17, 15) is 9.18 Å². The van der Waals surface area contributed by atoms with Crippen molar-refractivity contribution in [1.82, 2.24) is 0 Å². The van der Waals surface area contributed by atoms with Crippen LogP contribution in [0.5, 0.6) is 0 Å². The predicted octanol–water partition coefficient (Wildman–Crippen LogP) is 3.97. The van der Waals surface area contributed by atoms with Gasteiger partial charge < -0.3 is 0 Å². The highest BCUT2D eigenvalue weighted by Crippen LogP contribution is 2.21. The Morgan fingerprint density at radius 3 is 2.44 bits per heavy atom. The van der Waals surface area contributed by atoms with E-state index in [0.717, 1.165) is 16.0 Å². The van der Waals surface area contributed by atoms with Crippen molar-refractivity contribution in [2.75, 3.05) is 6.26 Å². The molecule has 2 rings (SSSR count). The number of ketones is 1. The molecule has 0 aliphatic carbocycles. The Morgan fingerprint density at radius 2 is 1.78 bits per heavy atom. The molecule has 0 heterocycles. The van der Waals surface area contributed by atoms with Crippen molar-refractivity contribution in [3.63, 3.8) is 0 Å². The van der Waals surface area contributed by atoms with Crippen molar-refractivity contribution < 1.29 is 9.18 Å². The zero-order valence-corrected chi connectivity index (χ0v) is 10.8. The van der Waals surface area contributed by atoms with Gasteiger partial charge in [0, 0.05) is 16.9 Å². The number of Topliss-reactive ketones (excluding diaryl/α,β-unsaturated/α-hetero) is 1. The lowest BCUT2D eigenvalue weighted by Crippen LogP contribution is -2.05. The smallest absolute Gasteiger partial charge is 0.168 e. The molecular weight excluding hydrogens is 247 g/mol. The Kier molecular flexibility index (Phi) is 4.15. The molecule has 0 aliphatic rings. The molecule has 1 nitrogen and oxygen atoms in total. The lowest BCUT2D eigenvalue weighted by molar-refractivity contribution is 0.0990. The molecule has 0 bridgehead atoms. The van der Waals surface area contributed by atoms with Crippen LogP contribution in [0.15, 0.2) is 53.4 Å². The van der Waals surface area contributed by atoms with Gasteiger partial charge in [-0.1, -0.05) is 30.3 Å². The van der Waals surface area contributed by atoms with E-state index in [1.165, 1.54) is 12.1 Å². The molecule has 0 radical (unpaired) electrons. The van der Waals surface area contributed by atoms with Crippen LogP contribution in [0, 0.1) is 5.82 Å². The van der Waals surface area contributed by atoms with Gasteiger partial charge in [-0.05, 0) is 30.0 Å². The quantitative estimate of drug-likeness (QED) is 0.611. The van der Waals surface area contributed by atoms with Crippen molar-refractivity contribution >= 4 is 17.5 Å². The van der Waals surface area contributed by atoms with E-state index in [0.29, 0.717) is 6.42 Å². The third-order valence-corrected chi connectivity index (χ3v) is 3.48. The van der Waals surface area contributed by atoms with Crippen LogP contribution in [0.1, 0.15) is 15.9 Å². The van der Waals surface area contributed by atoms with Crippen LogP contribution >= 0.6 is 11.8 Å². The maximum atomic E-state index is 12.8. The van der Waals surface area contributed by atoms with E-state index < -0.39 is 0 Å². The number of carbonyl (C=O) groups is 1. The minimum atomic E-state index is -0.282. The predicted molar refractivity (Wildman–Crippen MR) is 72.7 cm³/mol. The van der Waals surface area contributed by atoms with Gasteiger partial charge in [0.25, 0.3) is 0 Å². The van der Waals surface area contributed by atoms with Crippen LogP contribution in [0.2, 0.25) is 0 Å². The van der Waals surface area contributed by atoms with Crippen LogP contribution in [0.25, 0.3) is 0 Å². The number of hydrogen-bond donors (Lipinski definition) is 0. The van der Waals surface area contributed by atoms with E-state index >= 15 is 0 Å². The Morgan fingerprint density at radius 1 is 1.11 bits per heavy atom. The first-order valence-corrected chi connectivity index (χ1v) is 6.84. The number of benzene rings is 2. The van der Waals surface area contributed by atoms with Crippen molar-refractivity contribution in [3.8, 4) is 0 Å². The monoisotopic (exact) mass is 260 g/mol. The van der Waals surface area contributed by atoms with Gasteiger partial charge in [0.2, 0.25) is 0 Å². The zero-order valence-electron chi connectivity index (χ0n) is 10.0. The van der Waals surface area contributed by atoms with Crippen LogP contribution in [-0.4, -0.2) is 12.0 Å². The highest BCUT2D eigenvalue weighted by Gasteiger charge is 2.10. The molecule has 0 fully saturated rings. The third-order valence-electron chi connectivity index (χ3n) is 2.69. The van der Waals surface area contributed by atoms with Crippen molar-refractivity contribution in [2.45, 2.75) is 11.3 Å². The summed E-state index contributed by atoms with van der Waals surface area (Å²) in [6.07, 6.45) is 2.25. The first-order valence-electron chi connectivity index (χ1n) is 5.61. The summed E-state index contributed by atoms with van der Waals surface area (Å²) in [7, 11) is 0. The average molecular weight is 260 g/mol. The summed E-state index contributed by atoms with van der Waals surface area (Å²) in [6, 6.07) is 13.6. The second kappa shape index (κ2) is 5.83. The first-order chi connectivity index (χ1) is 8.70. The lowest BCUT2D eigenvalue weighted by Gasteiger charge is -2.06. The lowest BCUT2D eigenvalue weighted by atomic mass is 10.0. The molecule has 0 saturated carbocycles. The maximum Gasteiger partial charge on any atom is 0.168 e. The number of halogens is 1. The SMILES string of the molecule is CSc1ccccc1C(=O)Cc1ccc(F)cc1. The molecule has 2 aromatic rings. The summed E-state index contributed by atoms with van der Waals surface area (Å²) in [5.41, 5.74) is 1.56. The normalized spacial score (nSPS) is 10.3. The summed E-state index contributed by atoms with van der Waals surface area (Å²) in [6.45, 7) is 0. The molecule has 2 aromatic carbocycles. The fraction of sp³-hybridized carbons (Fsp3) is 0.133. The molecule has 0 aromatic heterocycles. The molecule has 0 atom stereocenters. The van der Waals surface area contributed by atoms with Gasteiger partial charge in [-0.15, -0.1) is 11.8 Å². The van der Waals surface area contributed by atoms with Gasteiger partial charge >= 0.3 is 0 Å². The summed E-state index contributed by atoms with van der Waals surface area (Å²) >= 11 is 1.56. The summed E-state index contributed by atoms with van der Waals surface area (Å²) in [5.74, 6) is -0.220. The Hall–Kier alpha value is -1.61. The topological polar surface area (TPSA) is 17.1 Å². The Balaban J connectivity index is 2.19. The molecule has 0 spiro atoms. The largest absolute Gasteiger partial charge is 0.294 e. The number of carbonyl (C=O) groups excluding carboxylic acids is 1. The molecule has 0 aliphatic heterocycles. The number of thioether (sulfide) groups is 1. The molecular formula is C15H13FOS. The maximum absolute atomic E-state index is 12.8. The average Bonchev–Trinajstić information content (AvgIpc) is 2.41. The molecule has 18 heavy (non-hydrogen) atoms. The molecule has 0 amide bonds. The van der Waals surface area contributed by atoms with Crippen molar-refractivity contribution in [3.05, 3.63) is 65.5 Å². The van der Waals surface area contributed by atoms with E-state index in [-0.39, 0.29) is 11.6 Å². The second-order valence-corrected chi connectivity index (χ2v) is 4.77. The first kappa shape index (κ1) is 12.8. The van der Waals surface area contributed by atoms with Crippen LogP contribution < -0.4 is 0 Å². The van der Waals surface area contributed by atoms with E-state index in [1.807, 2.05) is 30.5 Å². The van der Waals surface area contributed by atoms with E-state index in [4.69, 9.17) is 0 Å². The molecule has 0 saturated heterocycles. The minimum Gasteiger partial charge on any atom is -0.294 e. The fourth-order valence-electron chi connectivity index (χ4n) is 1.76. The molecule has 92 valence electrons. The summed E-state index contributed by atoms with van der Waals surface area (Å²) in [5, 5.41) is 0. The van der Waals surface area contributed by atoms with Crippen molar-refractivity contribution in [1.29, 1.82) is 0 Å². The van der Waals surface area contributed by atoms with Gasteiger partial charge in [0.1, 0.15) is 5.82 Å². The minimum absolute atomic E-state index is 0.0616. The van der Waals surface area contributed by atoms with E-state index in [2.05, 4.69) is 0 Å². The van der Waals surface area contributed by atoms with E-state index in [1.54, 1.807) is 23.9 Å². The molecule has 0 unspecified atom stereocenters. The number of hydrogen-bond acceptors (Lipinski definition) is 2. The van der Waals surface area contributed by atoms with Crippen LogP contribution in [0.4, 0.5) is 4.39 Å². The highest BCUT2D eigenvalue weighted by atomic mass is 32.2. The highest BCUT2D eigenvalue weighted by molar-refractivity contribution is 7.98. The summed E-state index contributed by atoms with van der Waals surface area (Å²) in [4.78, 5) is 13.1. The molecule has 0 N–H and O–H groups in total. The Bertz CT molecular complexity index is 549. The second-order valence-electron chi connectivity index (χ2n) is 3.93. The summed E-state index contributed by atoms with van der Waals surface area (Å²) < 4.78 is 12.8.